The fourth-order valence-electron chi connectivity index (χ4n) is 3.02. The van der Waals surface area contributed by atoms with Crippen molar-refractivity contribution < 1.29 is 0 Å². The van der Waals surface area contributed by atoms with Crippen molar-refractivity contribution in [1.29, 1.82) is 0 Å². The third-order valence-electron chi connectivity index (χ3n) is 4.43. The molecule has 0 bridgehead atoms. The number of nitrogens with one attached hydrogen (secondary N) is 2. The molecule has 0 amide bonds. The molecule has 8 heteroatoms. The van der Waals surface area contributed by atoms with Crippen LogP contribution in [0.2, 0.25) is 5.02 Å². The minimum Gasteiger partial charge on any atom is -0.369 e. The number of benzene rings is 1. The molecule has 1 aliphatic rings. The van der Waals surface area contributed by atoms with Gasteiger partial charge in [0.15, 0.2) is 5.96 Å². The predicted octanol–water partition coefficient (Wildman–Crippen LogP) is 4.48. The first kappa shape index (κ1) is 22.2. The summed E-state index contributed by atoms with van der Waals surface area (Å²) in [6, 6.07) is 8.40. The van der Waals surface area contributed by atoms with Gasteiger partial charge in [0, 0.05) is 48.2 Å². The first-order chi connectivity index (χ1) is 12.5. The molecular weight excluding hydrogens is 493 g/mol. The molecule has 2 aromatic rings. The molecule has 1 unspecified atom stereocenters. The van der Waals surface area contributed by atoms with Crippen LogP contribution in [0.3, 0.4) is 0 Å². The molecule has 2 heterocycles. The summed E-state index contributed by atoms with van der Waals surface area (Å²) in [5, 5.41) is 11.0. The second-order valence-electron chi connectivity index (χ2n) is 6.81. The molecule has 1 aromatic heterocycles. The van der Waals surface area contributed by atoms with Crippen LogP contribution < -0.4 is 15.5 Å². The standard InChI is InChI=1S/C19H26ClN5S.HI/c1-13(2)18-23-16(12-26-18)10-22-19(21-3)24-15-7-8-25(11-15)17-6-4-5-14(20)9-17;/h4-6,9,12-13,15H,7-8,10-11H2,1-3H3,(H2,21,22,24);1H. The van der Waals surface area contributed by atoms with Gasteiger partial charge in [0.05, 0.1) is 17.2 Å². The van der Waals surface area contributed by atoms with Gasteiger partial charge in [-0.05, 0) is 24.6 Å². The second kappa shape index (κ2) is 10.5. The van der Waals surface area contributed by atoms with Crippen LogP contribution in [0.1, 0.15) is 36.9 Å². The molecular formula is C19H27ClIN5S. The maximum Gasteiger partial charge on any atom is 0.191 e. The van der Waals surface area contributed by atoms with Crippen molar-refractivity contribution in [3.63, 3.8) is 0 Å². The number of anilines is 1. The molecule has 5 nitrogen and oxygen atoms in total. The molecule has 1 saturated heterocycles. The summed E-state index contributed by atoms with van der Waals surface area (Å²) >= 11 is 7.83. The van der Waals surface area contributed by atoms with E-state index < -0.39 is 0 Å². The van der Waals surface area contributed by atoms with Crippen molar-refractivity contribution in [2.24, 2.45) is 4.99 Å². The van der Waals surface area contributed by atoms with Crippen LogP contribution in [0.15, 0.2) is 34.6 Å². The SMILES string of the molecule is CN=C(NCc1csc(C(C)C)n1)NC1CCN(c2cccc(Cl)c2)C1.I. The zero-order valence-electron chi connectivity index (χ0n) is 15.9. The summed E-state index contributed by atoms with van der Waals surface area (Å²) in [6.07, 6.45) is 1.07. The van der Waals surface area contributed by atoms with Gasteiger partial charge in [-0.15, -0.1) is 35.3 Å². The van der Waals surface area contributed by atoms with E-state index in [9.17, 15) is 0 Å². The fraction of sp³-hybridized carbons (Fsp3) is 0.474. The Morgan fingerprint density at radius 1 is 1.44 bits per heavy atom. The maximum absolute atomic E-state index is 6.11. The first-order valence-corrected chi connectivity index (χ1v) is 10.2. The number of hydrogen-bond acceptors (Lipinski definition) is 4. The number of rotatable bonds is 5. The molecule has 3 rings (SSSR count). The molecule has 148 valence electrons. The van der Waals surface area contributed by atoms with E-state index in [0.29, 0.717) is 18.5 Å². The molecule has 1 fully saturated rings. The van der Waals surface area contributed by atoms with Crippen LogP contribution in [0, 0.1) is 0 Å². The summed E-state index contributed by atoms with van der Waals surface area (Å²) in [7, 11) is 1.81. The van der Waals surface area contributed by atoms with Gasteiger partial charge >= 0.3 is 0 Å². The Morgan fingerprint density at radius 2 is 2.26 bits per heavy atom. The topological polar surface area (TPSA) is 52.6 Å². The second-order valence-corrected chi connectivity index (χ2v) is 8.14. The van der Waals surface area contributed by atoms with Gasteiger partial charge in [-0.2, -0.15) is 0 Å². The highest BCUT2D eigenvalue weighted by molar-refractivity contribution is 14.0. The molecule has 1 atom stereocenters. The van der Waals surface area contributed by atoms with Crippen LogP contribution >= 0.6 is 46.9 Å². The van der Waals surface area contributed by atoms with Gasteiger partial charge < -0.3 is 15.5 Å². The smallest absolute Gasteiger partial charge is 0.191 e. The van der Waals surface area contributed by atoms with Crippen LogP contribution in [-0.2, 0) is 6.54 Å². The van der Waals surface area contributed by atoms with E-state index in [2.05, 4.69) is 50.8 Å². The molecule has 0 aliphatic carbocycles. The summed E-state index contributed by atoms with van der Waals surface area (Å²) < 4.78 is 0. The van der Waals surface area contributed by atoms with Crippen LogP contribution in [0.25, 0.3) is 0 Å². The summed E-state index contributed by atoms with van der Waals surface area (Å²) in [4.78, 5) is 11.4. The number of guanidine groups is 1. The highest BCUT2D eigenvalue weighted by atomic mass is 127. The van der Waals surface area contributed by atoms with Gasteiger partial charge in [0.25, 0.3) is 0 Å². The Kier molecular flexibility index (Phi) is 8.62. The maximum atomic E-state index is 6.11. The normalized spacial score (nSPS) is 17.1. The van der Waals surface area contributed by atoms with Crippen molar-refractivity contribution in [2.75, 3.05) is 25.0 Å². The minimum absolute atomic E-state index is 0. The molecule has 0 radical (unpaired) electrons. The third kappa shape index (κ3) is 6.22. The predicted molar refractivity (Wildman–Crippen MR) is 127 cm³/mol. The monoisotopic (exact) mass is 519 g/mol. The van der Waals surface area contributed by atoms with Crippen LogP contribution in [0.5, 0.6) is 0 Å². The van der Waals surface area contributed by atoms with Gasteiger partial charge in [0.1, 0.15) is 0 Å². The first-order valence-electron chi connectivity index (χ1n) is 8.97. The summed E-state index contributed by atoms with van der Waals surface area (Å²) in [5.41, 5.74) is 2.24. The molecule has 27 heavy (non-hydrogen) atoms. The van der Waals surface area contributed by atoms with Gasteiger partial charge in [-0.25, -0.2) is 4.98 Å². The Balaban J connectivity index is 0.00000261. The largest absolute Gasteiger partial charge is 0.369 e. The van der Waals surface area contributed by atoms with E-state index in [1.54, 1.807) is 18.4 Å². The number of aromatic nitrogens is 1. The summed E-state index contributed by atoms with van der Waals surface area (Å²) in [6.45, 7) is 6.98. The van der Waals surface area contributed by atoms with Gasteiger partial charge in [0.2, 0.25) is 0 Å². The van der Waals surface area contributed by atoms with Crippen LogP contribution in [-0.4, -0.2) is 37.1 Å². The number of aliphatic imine (C=N–C) groups is 1. The lowest BCUT2D eigenvalue weighted by atomic mass is 10.2. The van der Waals surface area contributed by atoms with Gasteiger partial charge in [-0.3, -0.25) is 4.99 Å². The third-order valence-corrected chi connectivity index (χ3v) is 5.86. The average Bonchev–Trinajstić information content (AvgIpc) is 3.28. The Labute approximate surface area is 187 Å². The number of halogens is 2. The van der Waals surface area contributed by atoms with E-state index >= 15 is 0 Å². The van der Waals surface area contributed by atoms with Crippen molar-refractivity contribution in [2.45, 2.75) is 38.8 Å². The number of hydrogen-bond donors (Lipinski definition) is 2. The van der Waals surface area contributed by atoms with Crippen LogP contribution in [0.4, 0.5) is 5.69 Å². The van der Waals surface area contributed by atoms with E-state index in [0.717, 1.165) is 36.2 Å². The van der Waals surface area contributed by atoms with Gasteiger partial charge in [-0.1, -0.05) is 31.5 Å². The van der Waals surface area contributed by atoms with Crippen molar-refractivity contribution in [3.05, 3.63) is 45.4 Å². The lowest BCUT2D eigenvalue weighted by molar-refractivity contribution is 0.647. The molecule has 0 spiro atoms. The highest BCUT2D eigenvalue weighted by Gasteiger charge is 2.23. The Bertz CT molecular complexity index is 764. The lowest BCUT2D eigenvalue weighted by Gasteiger charge is -2.20. The Morgan fingerprint density at radius 3 is 2.93 bits per heavy atom. The average molecular weight is 520 g/mol. The fourth-order valence-corrected chi connectivity index (χ4v) is 4.04. The molecule has 1 aliphatic heterocycles. The van der Waals surface area contributed by atoms with Crippen molar-refractivity contribution in [3.8, 4) is 0 Å². The zero-order valence-corrected chi connectivity index (χ0v) is 19.8. The van der Waals surface area contributed by atoms with Crippen molar-refractivity contribution >= 4 is 58.6 Å². The van der Waals surface area contributed by atoms with Crippen molar-refractivity contribution in [1.82, 2.24) is 15.6 Å². The number of nitrogens with zero attached hydrogens (tertiary/aromatic N) is 3. The molecule has 1 aromatic carbocycles. The van der Waals surface area contributed by atoms with E-state index in [1.165, 1.54) is 10.7 Å². The number of thiazole rings is 1. The molecule has 0 saturated carbocycles. The lowest BCUT2D eigenvalue weighted by Crippen LogP contribution is -2.44. The quantitative estimate of drug-likeness (QED) is 0.347. The highest BCUT2D eigenvalue weighted by Crippen LogP contribution is 2.23. The van der Waals surface area contributed by atoms with E-state index in [-0.39, 0.29) is 24.0 Å². The molecule has 2 N–H and O–H groups in total. The Hall–Kier alpha value is -1.06. The van der Waals surface area contributed by atoms with E-state index in [1.807, 2.05) is 18.2 Å². The minimum atomic E-state index is 0. The summed E-state index contributed by atoms with van der Waals surface area (Å²) in [5.74, 6) is 1.30. The van der Waals surface area contributed by atoms with E-state index in [4.69, 9.17) is 11.6 Å². The zero-order chi connectivity index (χ0) is 18.5.